The minimum atomic E-state index is -1.20. The zero-order valence-electron chi connectivity index (χ0n) is 11.2. The Morgan fingerprint density at radius 3 is 2.28 bits per heavy atom. The van der Waals surface area contributed by atoms with Gasteiger partial charge in [0.05, 0.1) is 6.10 Å². The van der Waals surface area contributed by atoms with Crippen molar-refractivity contribution < 1.29 is 9.13 Å². The van der Waals surface area contributed by atoms with Crippen LogP contribution in [-0.2, 0) is 5.67 Å². The first-order valence-electron chi connectivity index (χ1n) is 6.71. The van der Waals surface area contributed by atoms with Gasteiger partial charge in [0, 0.05) is 6.04 Å². The maximum Gasteiger partial charge on any atom is 0.136 e. The zero-order valence-corrected chi connectivity index (χ0v) is 11.2. The van der Waals surface area contributed by atoms with E-state index < -0.39 is 5.67 Å². The molecule has 2 rings (SSSR count). The van der Waals surface area contributed by atoms with Gasteiger partial charge in [-0.2, -0.15) is 0 Å². The molecule has 0 saturated heterocycles. The van der Waals surface area contributed by atoms with Gasteiger partial charge < -0.3 is 10.5 Å². The molecule has 0 heterocycles. The van der Waals surface area contributed by atoms with Gasteiger partial charge in [-0.3, -0.25) is 0 Å². The smallest absolute Gasteiger partial charge is 0.136 e. The highest BCUT2D eigenvalue weighted by Gasteiger charge is 2.35. The average Bonchev–Trinajstić information content (AvgIpc) is 2.33. The van der Waals surface area contributed by atoms with Crippen LogP contribution in [0.15, 0.2) is 24.3 Å². The highest BCUT2D eigenvalue weighted by Crippen LogP contribution is 2.40. The second-order valence-electron chi connectivity index (χ2n) is 5.49. The van der Waals surface area contributed by atoms with Gasteiger partial charge in [-0.05, 0) is 57.2 Å². The van der Waals surface area contributed by atoms with E-state index in [0.717, 1.165) is 24.2 Å². The van der Waals surface area contributed by atoms with Crippen LogP contribution in [0.1, 0.15) is 45.1 Å². The lowest BCUT2D eigenvalue weighted by atomic mass is 9.79. The molecule has 1 aliphatic rings. The molecule has 0 aromatic heterocycles. The van der Waals surface area contributed by atoms with Crippen molar-refractivity contribution in [3.05, 3.63) is 29.8 Å². The van der Waals surface area contributed by atoms with Crippen LogP contribution in [0.5, 0.6) is 5.75 Å². The normalized spacial score (nSPS) is 28.4. The molecule has 1 aromatic carbocycles. The second-order valence-corrected chi connectivity index (χ2v) is 5.49. The summed E-state index contributed by atoms with van der Waals surface area (Å²) in [6, 6.07) is 7.55. The molecular formula is C15H22FNO. The van der Waals surface area contributed by atoms with Crippen LogP contribution in [0, 0.1) is 0 Å². The van der Waals surface area contributed by atoms with E-state index in [-0.39, 0.29) is 12.1 Å². The fourth-order valence-corrected chi connectivity index (χ4v) is 2.49. The molecule has 1 saturated carbocycles. The van der Waals surface area contributed by atoms with Gasteiger partial charge in [0.1, 0.15) is 11.4 Å². The third kappa shape index (κ3) is 3.02. The van der Waals surface area contributed by atoms with Gasteiger partial charge in [0.2, 0.25) is 0 Å². The molecule has 0 spiro atoms. The number of hydrogen-bond acceptors (Lipinski definition) is 2. The lowest BCUT2D eigenvalue weighted by Gasteiger charge is -2.33. The van der Waals surface area contributed by atoms with Crippen molar-refractivity contribution >= 4 is 0 Å². The third-order valence-corrected chi connectivity index (χ3v) is 3.57. The highest BCUT2D eigenvalue weighted by atomic mass is 19.1. The summed E-state index contributed by atoms with van der Waals surface area (Å²) >= 11 is 0. The molecule has 2 N–H and O–H groups in total. The van der Waals surface area contributed by atoms with Gasteiger partial charge in [-0.15, -0.1) is 0 Å². The van der Waals surface area contributed by atoms with E-state index in [0.29, 0.717) is 12.8 Å². The fraction of sp³-hybridized carbons (Fsp3) is 0.600. The molecule has 0 bridgehead atoms. The van der Waals surface area contributed by atoms with Crippen molar-refractivity contribution in [1.29, 1.82) is 0 Å². The Morgan fingerprint density at radius 1 is 1.22 bits per heavy atom. The summed E-state index contributed by atoms with van der Waals surface area (Å²) in [5, 5.41) is 0. The molecule has 1 aromatic rings. The summed E-state index contributed by atoms with van der Waals surface area (Å²) in [5.74, 6) is 0.796. The minimum Gasteiger partial charge on any atom is -0.491 e. The number of rotatable bonds is 3. The summed E-state index contributed by atoms with van der Waals surface area (Å²) < 4.78 is 20.3. The first kappa shape index (κ1) is 13.3. The summed E-state index contributed by atoms with van der Waals surface area (Å²) in [6.45, 7) is 3.96. The summed E-state index contributed by atoms with van der Waals surface area (Å²) in [4.78, 5) is 0. The minimum absolute atomic E-state index is 0.142. The molecule has 0 aliphatic heterocycles. The first-order valence-corrected chi connectivity index (χ1v) is 6.71. The number of alkyl halides is 1. The van der Waals surface area contributed by atoms with Gasteiger partial charge in [-0.1, -0.05) is 12.1 Å². The molecule has 0 amide bonds. The van der Waals surface area contributed by atoms with Crippen LogP contribution in [0.3, 0.4) is 0 Å². The van der Waals surface area contributed by atoms with E-state index in [1.807, 2.05) is 38.1 Å². The number of halogens is 1. The Hall–Kier alpha value is -1.09. The molecule has 0 unspecified atom stereocenters. The highest BCUT2D eigenvalue weighted by molar-refractivity contribution is 5.31. The quantitative estimate of drug-likeness (QED) is 0.891. The van der Waals surface area contributed by atoms with Crippen molar-refractivity contribution in [3.63, 3.8) is 0 Å². The van der Waals surface area contributed by atoms with Gasteiger partial charge in [0.15, 0.2) is 0 Å². The SMILES string of the molecule is CC(C)Oc1ccc(C2(F)CCC(N)CC2)cc1. The Kier molecular flexibility index (Phi) is 3.91. The van der Waals surface area contributed by atoms with Gasteiger partial charge in [0.25, 0.3) is 0 Å². The van der Waals surface area contributed by atoms with Gasteiger partial charge in [-0.25, -0.2) is 4.39 Å². The molecule has 1 fully saturated rings. The standard InChI is InChI=1S/C15H22FNO/c1-11(2)18-14-5-3-12(4-6-14)15(16)9-7-13(17)8-10-15/h3-6,11,13H,7-10,17H2,1-2H3. The summed E-state index contributed by atoms with van der Waals surface area (Å²) in [5.41, 5.74) is 5.38. The van der Waals surface area contributed by atoms with Crippen LogP contribution in [0.4, 0.5) is 4.39 Å². The van der Waals surface area contributed by atoms with Crippen molar-refractivity contribution in [2.75, 3.05) is 0 Å². The monoisotopic (exact) mass is 251 g/mol. The van der Waals surface area contributed by atoms with E-state index in [4.69, 9.17) is 10.5 Å². The predicted octanol–water partition coefficient (Wildman–Crippen LogP) is 3.54. The second kappa shape index (κ2) is 5.27. The predicted molar refractivity (Wildman–Crippen MR) is 71.4 cm³/mol. The molecule has 2 nitrogen and oxygen atoms in total. The van der Waals surface area contributed by atoms with Crippen LogP contribution in [0.2, 0.25) is 0 Å². The molecule has 0 radical (unpaired) electrons. The van der Waals surface area contributed by atoms with Crippen LogP contribution in [-0.4, -0.2) is 12.1 Å². The Morgan fingerprint density at radius 2 is 1.78 bits per heavy atom. The van der Waals surface area contributed by atoms with Crippen molar-refractivity contribution in [2.24, 2.45) is 5.73 Å². The van der Waals surface area contributed by atoms with Crippen molar-refractivity contribution in [2.45, 2.75) is 57.3 Å². The molecule has 1 aliphatic carbocycles. The largest absolute Gasteiger partial charge is 0.491 e. The van der Waals surface area contributed by atoms with E-state index in [9.17, 15) is 4.39 Å². The van der Waals surface area contributed by atoms with E-state index in [1.165, 1.54) is 0 Å². The van der Waals surface area contributed by atoms with E-state index >= 15 is 0 Å². The zero-order chi connectivity index (χ0) is 13.2. The third-order valence-electron chi connectivity index (χ3n) is 3.57. The van der Waals surface area contributed by atoms with Crippen LogP contribution >= 0.6 is 0 Å². The number of hydrogen-bond donors (Lipinski definition) is 1. The Labute approximate surface area is 108 Å². The van der Waals surface area contributed by atoms with E-state index in [1.54, 1.807) is 0 Å². The molecule has 0 atom stereocenters. The number of benzene rings is 1. The molecule has 100 valence electrons. The molecular weight excluding hydrogens is 229 g/mol. The number of ether oxygens (including phenoxy) is 1. The van der Waals surface area contributed by atoms with Crippen LogP contribution < -0.4 is 10.5 Å². The first-order chi connectivity index (χ1) is 8.49. The molecule has 18 heavy (non-hydrogen) atoms. The maximum atomic E-state index is 14.8. The molecule has 3 heteroatoms. The lowest BCUT2D eigenvalue weighted by Crippen LogP contribution is -2.33. The van der Waals surface area contributed by atoms with Crippen LogP contribution in [0.25, 0.3) is 0 Å². The Balaban J connectivity index is 2.09. The fourth-order valence-electron chi connectivity index (χ4n) is 2.49. The average molecular weight is 251 g/mol. The Bertz CT molecular complexity index is 380. The van der Waals surface area contributed by atoms with Crippen molar-refractivity contribution in [3.8, 4) is 5.75 Å². The van der Waals surface area contributed by atoms with Gasteiger partial charge >= 0.3 is 0 Å². The maximum absolute atomic E-state index is 14.8. The van der Waals surface area contributed by atoms with E-state index in [2.05, 4.69) is 0 Å². The lowest BCUT2D eigenvalue weighted by molar-refractivity contribution is 0.0978. The summed E-state index contributed by atoms with van der Waals surface area (Å²) in [6.07, 6.45) is 2.72. The summed E-state index contributed by atoms with van der Waals surface area (Å²) in [7, 11) is 0. The topological polar surface area (TPSA) is 35.2 Å². The van der Waals surface area contributed by atoms with Crippen molar-refractivity contribution in [1.82, 2.24) is 0 Å². The number of nitrogens with two attached hydrogens (primary N) is 1.